The molecule has 1 unspecified atom stereocenters. The van der Waals surface area contributed by atoms with Gasteiger partial charge in [0.05, 0.1) is 27.1 Å². The standard InChI is InChI=1S/C24H26FN5O3S/c1-13(2)22-21(14-4-6-16(25)7-5-14)17-10-15-12-27-29-20(15)11-18(17)23(28-22)30-34(3,33)9-8-19(26)24(31)32/h4-7,10-13,19H,8-9,26H2,1-3H3,(H,27,29)(H,31,32)/t19-,34?/m1/s1. The number of pyridine rings is 1. The van der Waals surface area contributed by atoms with Gasteiger partial charge in [0.1, 0.15) is 11.9 Å². The zero-order chi connectivity index (χ0) is 24.6. The van der Waals surface area contributed by atoms with Gasteiger partial charge in [-0.25, -0.2) is 13.6 Å². The molecule has 0 saturated heterocycles. The summed E-state index contributed by atoms with van der Waals surface area (Å²) in [7, 11) is -2.83. The number of aromatic nitrogens is 3. The van der Waals surface area contributed by atoms with E-state index >= 15 is 0 Å². The van der Waals surface area contributed by atoms with Gasteiger partial charge in [-0.15, -0.1) is 0 Å². The zero-order valence-electron chi connectivity index (χ0n) is 19.1. The van der Waals surface area contributed by atoms with Gasteiger partial charge >= 0.3 is 5.97 Å². The summed E-state index contributed by atoms with van der Waals surface area (Å²) in [5.74, 6) is -1.16. The molecule has 0 aliphatic heterocycles. The number of aliphatic carboxylic acids is 1. The summed E-state index contributed by atoms with van der Waals surface area (Å²) in [5, 5.41) is 18.5. The van der Waals surface area contributed by atoms with Crippen LogP contribution in [0.5, 0.6) is 0 Å². The fourth-order valence-corrected chi connectivity index (χ4v) is 5.14. The van der Waals surface area contributed by atoms with Crippen LogP contribution >= 0.6 is 0 Å². The van der Waals surface area contributed by atoms with E-state index < -0.39 is 21.7 Å². The van der Waals surface area contributed by atoms with Gasteiger partial charge < -0.3 is 10.8 Å². The van der Waals surface area contributed by atoms with Crippen LogP contribution in [0.25, 0.3) is 32.8 Å². The lowest BCUT2D eigenvalue weighted by Crippen LogP contribution is -2.32. The third-order valence-electron chi connectivity index (χ3n) is 5.66. The lowest BCUT2D eigenvalue weighted by Gasteiger charge is -2.18. The maximum absolute atomic E-state index is 13.7. The molecule has 2 atom stereocenters. The molecule has 0 bridgehead atoms. The molecule has 0 fully saturated rings. The highest BCUT2D eigenvalue weighted by Crippen LogP contribution is 2.40. The number of nitrogens with one attached hydrogen (secondary N) is 1. The Labute approximate surface area is 196 Å². The van der Waals surface area contributed by atoms with Crippen molar-refractivity contribution in [3.05, 3.63) is 54.1 Å². The molecular weight excluding hydrogens is 457 g/mol. The molecule has 10 heteroatoms. The monoisotopic (exact) mass is 483 g/mol. The summed E-state index contributed by atoms with van der Waals surface area (Å²) in [5.41, 5.74) is 8.75. The molecule has 2 aromatic heterocycles. The number of nitrogens with zero attached hydrogens (tertiary/aromatic N) is 3. The normalized spacial score (nSPS) is 14.4. The van der Waals surface area contributed by atoms with E-state index in [1.54, 1.807) is 18.3 Å². The zero-order valence-corrected chi connectivity index (χ0v) is 19.9. The summed E-state index contributed by atoms with van der Waals surface area (Å²) in [6.07, 6.45) is 3.22. The topological polar surface area (TPSA) is 134 Å². The molecule has 0 radical (unpaired) electrons. The lowest BCUT2D eigenvalue weighted by molar-refractivity contribution is -0.138. The Morgan fingerprint density at radius 2 is 1.94 bits per heavy atom. The van der Waals surface area contributed by atoms with Crippen molar-refractivity contribution in [2.45, 2.75) is 32.2 Å². The number of carboxylic acid groups (broad SMARTS) is 1. The molecule has 0 spiro atoms. The van der Waals surface area contributed by atoms with Gasteiger partial charge in [0, 0.05) is 28.3 Å². The van der Waals surface area contributed by atoms with Crippen molar-refractivity contribution in [2.24, 2.45) is 10.1 Å². The number of fused-ring (bicyclic) bond motifs is 2. The van der Waals surface area contributed by atoms with Gasteiger partial charge in [-0.2, -0.15) is 9.46 Å². The third-order valence-corrected chi connectivity index (χ3v) is 7.21. The predicted octanol–water partition coefficient (Wildman–Crippen LogP) is 4.57. The first-order chi connectivity index (χ1) is 16.1. The summed E-state index contributed by atoms with van der Waals surface area (Å²) < 4.78 is 31.5. The average Bonchev–Trinajstić information content (AvgIpc) is 3.24. The van der Waals surface area contributed by atoms with Gasteiger partial charge in [-0.3, -0.25) is 9.89 Å². The van der Waals surface area contributed by atoms with Crippen LogP contribution in [0.4, 0.5) is 10.2 Å². The van der Waals surface area contributed by atoms with E-state index in [0.717, 1.165) is 33.1 Å². The van der Waals surface area contributed by atoms with Crippen LogP contribution in [0.3, 0.4) is 0 Å². The minimum Gasteiger partial charge on any atom is -0.480 e. The maximum atomic E-state index is 13.7. The Bertz CT molecular complexity index is 1500. The summed E-state index contributed by atoms with van der Waals surface area (Å²) in [6, 6.07) is 8.96. The van der Waals surface area contributed by atoms with Crippen LogP contribution in [-0.2, 0) is 14.5 Å². The summed E-state index contributed by atoms with van der Waals surface area (Å²) >= 11 is 0. The molecule has 4 N–H and O–H groups in total. The fraction of sp³-hybridized carbons (Fsp3) is 0.292. The largest absolute Gasteiger partial charge is 0.480 e. The first kappa shape index (κ1) is 23.8. The Morgan fingerprint density at radius 3 is 2.59 bits per heavy atom. The van der Waals surface area contributed by atoms with Gasteiger partial charge in [0.25, 0.3) is 0 Å². The Hall–Kier alpha value is -3.37. The molecule has 4 aromatic rings. The van der Waals surface area contributed by atoms with E-state index in [1.165, 1.54) is 18.4 Å². The van der Waals surface area contributed by atoms with Crippen LogP contribution in [0, 0.1) is 5.82 Å². The number of halogens is 1. The molecule has 0 saturated carbocycles. The van der Waals surface area contributed by atoms with Crippen molar-refractivity contribution in [1.82, 2.24) is 15.2 Å². The Kier molecular flexibility index (Phi) is 6.37. The minimum atomic E-state index is -2.83. The number of hydrogen-bond donors (Lipinski definition) is 3. The van der Waals surface area contributed by atoms with E-state index in [0.29, 0.717) is 11.2 Å². The number of aromatic amines is 1. The third kappa shape index (κ3) is 4.78. The van der Waals surface area contributed by atoms with Crippen molar-refractivity contribution in [3.63, 3.8) is 0 Å². The molecule has 178 valence electrons. The second-order valence-corrected chi connectivity index (χ2v) is 11.2. The maximum Gasteiger partial charge on any atom is 0.320 e. The molecular formula is C24H26FN5O3S. The van der Waals surface area contributed by atoms with E-state index in [4.69, 9.17) is 15.8 Å². The van der Waals surface area contributed by atoms with E-state index in [1.807, 2.05) is 26.0 Å². The molecule has 0 amide bonds. The smallest absolute Gasteiger partial charge is 0.320 e. The predicted molar refractivity (Wildman–Crippen MR) is 132 cm³/mol. The van der Waals surface area contributed by atoms with Crippen molar-refractivity contribution in [1.29, 1.82) is 0 Å². The van der Waals surface area contributed by atoms with Crippen LogP contribution in [0.2, 0.25) is 0 Å². The van der Waals surface area contributed by atoms with E-state index in [9.17, 15) is 13.4 Å². The fourth-order valence-electron chi connectivity index (χ4n) is 3.86. The SMILES string of the molecule is CC(C)c1nc(N=S(C)(=O)CC[C@@H](N)C(=O)O)c2cc3[nH]ncc3cc2c1-c1ccc(F)cc1. The Balaban J connectivity index is 1.99. The average molecular weight is 484 g/mol. The lowest BCUT2D eigenvalue weighted by atomic mass is 9.92. The van der Waals surface area contributed by atoms with Crippen molar-refractivity contribution in [2.75, 3.05) is 12.0 Å². The van der Waals surface area contributed by atoms with Crippen molar-refractivity contribution in [3.8, 4) is 11.1 Å². The van der Waals surface area contributed by atoms with Crippen molar-refractivity contribution < 1.29 is 18.5 Å². The van der Waals surface area contributed by atoms with Gasteiger partial charge in [-0.05, 0) is 47.6 Å². The highest BCUT2D eigenvalue weighted by atomic mass is 32.2. The molecule has 34 heavy (non-hydrogen) atoms. The van der Waals surface area contributed by atoms with Gasteiger partial charge in [0.2, 0.25) is 0 Å². The number of hydrogen-bond acceptors (Lipinski definition) is 6. The molecule has 0 aliphatic rings. The first-order valence-corrected chi connectivity index (χ1v) is 12.9. The second kappa shape index (κ2) is 9.11. The molecule has 0 aliphatic carbocycles. The van der Waals surface area contributed by atoms with Gasteiger partial charge in [0.15, 0.2) is 5.82 Å². The number of rotatable bonds is 7. The Morgan fingerprint density at radius 1 is 1.24 bits per heavy atom. The van der Waals surface area contributed by atoms with Crippen LogP contribution in [0.15, 0.2) is 47.0 Å². The van der Waals surface area contributed by atoms with Gasteiger partial charge in [-0.1, -0.05) is 26.0 Å². The second-order valence-electron chi connectivity index (χ2n) is 8.70. The molecule has 2 aromatic carbocycles. The number of carboxylic acids is 1. The van der Waals surface area contributed by atoms with E-state index in [2.05, 4.69) is 14.6 Å². The summed E-state index contributed by atoms with van der Waals surface area (Å²) in [6.45, 7) is 3.99. The number of nitrogens with two attached hydrogens (primary N) is 1. The van der Waals surface area contributed by atoms with Crippen LogP contribution in [0.1, 0.15) is 31.9 Å². The summed E-state index contributed by atoms with van der Waals surface area (Å²) in [4.78, 5) is 15.9. The van der Waals surface area contributed by atoms with Crippen LogP contribution < -0.4 is 5.73 Å². The molecule has 4 rings (SSSR count). The highest BCUT2D eigenvalue weighted by Gasteiger charge is 2.20. The van der Waals surface area contributed by atoms with Crippen molar-refractivity contribution >= 4 is 43.2 Å². The first-order valence-electron chi connectivity index (χ1n) is 10.8. The quantitative estimate of drug-likeness (QED) is 0.352. The minimum absolute atomic E-state index is 0.00760. The highest BCUT2D eigenvalue weighted by molar-refractivity contribution is 7.93. The number of benzene rings is 2. The molecule has 8 nitrogen and oxygen atoms in total. The number of carbonyl (C=O) groups is 1. The molecule has 2 heterocycles. The number of H-pyrrole nitrogens is 1. The van der Waals surface area contributed by atoms with E-state index in [-0.39, 0.29) is 23.9 Å². The van der Waals surface area contributed by atoms with Crippen LogP contribution in [-0.4, -0.2) is 48.5 Å².